The van der Waals surface area contributed by atoms with Gasteiger partial charge < -0.3 is 28.6 Å². The lowest BCUT2D eigenvalue weighted by atomic mass is 10.1. The van der Waals surface area contributed by atoms with E-state index < -0.39 is 0 Å². The summed E-state index contributed by atoms with van der Waals surface area (Å²) in [5.74, 6) is 0.240. The molecular weight excluding hydrogens is 806 g/mol. The molecule has 0 aliphatic heterocycles. The molecule has 0 unspecified atom stereocenters. The molecule has 2 N–H and O–H groups in total. The van der Waals surface area contributed by atoms with Crippen LogP contribution >= 0.6 is 23.2 Å². The maximum atomic E-state index is 13.7. The summed E-state index contributed by atoms with van der Waals surface area (Å²) >= 11 is 12.1. The second-order valence-corrected chi connectivity index (χ2v) is 15.3. The quantitative estimate of drug-likeness (QED) is 0.141. The summed E-state index contributed by atoms with van der Waals surface area (Å²) in [5, 5.41) is 2.46. The van der Waals surface area contributed by atoms with Gasteiger partial charge in [-0.25, -0.2) is 4.39 Å². The number of aryl methyl sites for hydroxylation is 3. The Bertz CT molecular complexity index is 2760. The summed E-state index contributed by atoms with van der Waals surface area (Å²) in [4.78, 5) is 60.6. The molecule has 0 radical (unpaired) electrons. The molecule has 0 spiro atoms. The molecule has 2 amide bonds. The predicted octanol–water partition coefficient (Wildman–Crippen LogP) is 10.3. The molecule has 8 aromatic rings. The maximum absolute atomic E-state index is 13.7. The van der Waals surface area contributed by atoms with Crippen LogP contribution < -0.4 is 11.1 Å². The Kier molecular flexibility index (Phi) is 12.5. The summed E-state index contributed by atoms with van der Waals surface area (Å²) in [5.41, 5.74) is 5.23. The summed E-state index contributed by atoms with van der Waals surface area (Å²) in [6.45, 7) is 6.17. The number of nitrogens with one attached hydrogen (secondary N) is 2. The number of furan rings is 2. The molecule has 13 heteroatoms. The maximum Gasteiger partial charge on any atom is 0.254 e. The van der Waals surface area contributed by atoms with Crippen molar-refractivity contribution in [1.29, 1.82) is 0 Å². The zero-order valence-electron chi connectivity index (χ0n) is 32.9. The molecule has 0 aliphatic rings. The molecule has 8 rings (SSSR count). The van der Waals surface area contributed by atoms with Gasteiger partial charge in [0.1, 0.15) is 17.3 Å². The van der Waals surface area contributed by atoms with Gasteiger partial charge in [-0.2, -0.15) is 0 Å². The van der Waals surface area contributed by atoms with E-state index in [1.807, 2.05) is 56.3 Å². The lowest BCUT2D eigenvalue weighted by Crippen LogP contribution is -2.32. The standard InChI is InChI=1S/C24H21FN2O3.C23H18Cl2N2O3/c1-15-5-8-22-18(10-15)12-19(23(28)26-22)13-27(14-20-4-3-9-30-20)24(29)17-6-7-21(25)16(2)11-17;1-14-4-7-21-16(9-14)10-17(22(28)26-21)12-27(13-18-3-2-8-30-18)23(29)15-5-6-19(24)20(25)11-15/h3-12H,13-14H2,1-2H3,(H,26,28);2-11H,12-13H2,1H3,(H,26,28). The van der Waals surface area contributed by atoms with Crippen molar-refractivity contribution in [1.82, 2.24) is 19.8 Å². The first-order valence-corrected chi connectivity index (χ1v) is 19.7. The Labute approximate surface area is 353 Å². The molecule has 0 atom stereocenters. The largest absolute Gasteiger partial charge is 0.467 e. The van der Waals surface area contributed by atoms with Crippen LogP contribution in [0, 0.1) is 26.6 Å². The molecule has 10 nitrogen and oxygen atoms in total. The van der Waals surface area contributed by atoms with Gasteiger partial charge in [-0.3, -0.25) is 19.2 Å². The lowest BCUT2D eigenvalue weighted by molar-refractivity contribution is 0.0710. The molecule has 60 heavy (non-hydrogen) atoms. The lowest BCUT2D eigenvalue weighted by Gasteiger charge is -2.22. The monoisotopic (exact) mass is 844 g/mol. The number of fused-ring (bicyclic) bond motifs is 2. The van der Waals surface area contributed by atoms with Gasteiger partial charge in [0.05, 0.1) is 48.8 Å². The zero-order chi connectivity index (χ0) is 42.5. The smallest absolute Gasteiger partial charge is 0.254 e. The minimum Gasteiger partial charge on any atom is -0.467 e. The van der Waals surface area contributed by atoms with Crippen LogP contribution in [0.4, 0.5) is 4.39 Å². The molecule has 4 aromatic heterocycles. The average Bonchev–Trinajstić information content (AvgIpc) is 3.95. The van der Waals surface area contributed by atoms with Crippen molar-refractivity contribution in [2.45, 2.75) is 47.0 Å². The van der Waals surface area contributed by atoms with Gasteiger partial charge in [0.25, 0.3) is 22.9 Å². The van der Waals surface area contributed by atoms with E-state index in [1.165, 1.54) is 35.4 Å². The van der Waals surface area contributed by atoms with Crippen LogP contribution in [0.15, 0.2) is 140 Å². The molecule has 4 heterocycles. The van der Waals surface area contributed by atoms with Crippen molar-refractivity contribution in [2.75, 3.05) is 0 Å². The highest BCUT2D eigenvalue weighted by Gasteiger charge is 2.22. The van der Waals surface area contributed by atoms with Crippen molar-refractivity contribution >= 4 is 56.8 Å². The normalized spacial score (nSPS) is 11.0. The first-order chi connectivity index (χ1) is 28.8. The second-order valence-electron chi connectivity index (χ2n) is 14.5. The van der Waals surface area contributed by atoms with E-state index in [-0.39, 0.29) is 54.9 Å². The first-order valence-electron chi connectivity index (χ1n) is 18.9. The third kappa shape index (κ3) is 9.77. The Balaban J connectivity index is 0.000000181. The van der Waals surface area contributed by atoms with Gasteiger partial charge >= 0.3 is 0 Å². The van der Waals surface area contributed by atoms with Gasteiger partial charge in [0.15, 0.2) is 0 Å². The van der Waals surface area contributed by atoms with Gasteiger partial charge in [-0.05, 0) is 134 Å². The van der Waals surface area contributed by atoms with Crippen molar-refractivity contribution in [3.63, 3.8) is 0 Å². The zero-order valence-corrected chi connectivity index (χ0v) is 34.4. The van der Waals surface area contributed by atoms with E-state index >= 15 is 0 Å². The number of carbonyl (C=O) groups is 2. The molecule has 4 aromatic carbocycles. The molecule has 0 fully saturated rings. The fourth-order valence-corrected chi connectivity index (χ4v) is 7.04. The number of pyridine rings is 2. The van der Waals surface area contributed by atoms with E-state index in [0.717, 1.165) is 32.9 Å². The second kappa shape index (κ2) is 18.1. The van der Waals surface area contributed by atoms with Crippen LogP contribution in [0.25, 0.3) is 21.8 Å². The summed E-state index contributed by atoms with van der Waals surface area (Å²) < 4.78 is 24.5. The van der Waals surface area contributed by atoms with Crippen molar-refractivity contribution in [3.05, 3.63) is 209 Å². The number of H-pyrrole nitrogens is 2. The third-order valence-corrected chi connectivity index (χ3v) is 10.6. The third-order valence-electron chi connectivity index (χ3n) is 9.88. The van der Waals surface area contributed by atoms with Gasteiger partial charge in [-0.1, -0.05) is 46.5 Å². The van der Waals surface area contributed by atoms with Crippen molar-refractivity contribution in [2.24, 2.45) is 0 Å². The van der Waals surface area contributed by atoms with Crippen LogP contribution in [-0.2, 0) is 26.2 Å². The fraction of sp³-hybridized carbons (Fsp3) is 0.149. The molecule has 304 valence electrons. The molecule has 0 bridgehead atoms. The van der Waals surface area contributed by atoms with E-state index in [2.05, 4.69) is 9.97 Å². The van der Waals surface area contributed by atoms with Crippen LogP contribution in [0.3, 0.4) is 0 Å². The minimum atomic E-state index is -0.370. The number of aromatic amines is 2. The Hall–Kier alpha value is -6.69. The Morgan fingerprint density at radius 2 is 1.07 bits per heavy atom. The van der Waals surface area contributed by atoms with Crippen LogP contribution in [0.5, 0.6) is 0 Å². The SMILES string of the molecule is Cc1ccc2[nH]c(=O)c(CN(Cc3ccco3)C(=O)c3ccc(Cl)c(Cl)c3)cc2c1.Cc1ccc2[nH]c(=O)c(CN(Cc3ccco3)C(=O)c3ccc(F)c(C)c3)cc2c1. The first kappa shape index (κ1) is 41.5. The molecular formula is C47H39Cl2FN4O6. The van der Waals surface area contributed by atoms with Crippen LogP contribution in [0.2, 0.25) is 10.0 Å². The molecule has 0 saturated heterocycles. The average molecular weight is 846 g/mol. The van der Waals surface area contributed by atoms with Crippen LogP contribution in [-0.4, -0.2) is 31.6 Å². The number of rotatable bonds is 10. The number of nitrogens with zero attached hydrogens (tertiary/aromatic N) is 2. The highest BCUT2D eigenvalue weighted by molar-refractivity contribution is 6.42. The minimum absolute atomic E-state index is 0.0924. The van der Waals surface area contributed by atoms with Gasteiger partial charge in [-0.15, -0.1) is 0 Å². The summed E-state index contributed by atoms with van der Waals surface area (Å²) in [6, 6.07) is 31.2. The number of hydrogen-bond donors (Lipinski definition) is 2. The van der Waals surface area contributed by atoms with E-state index in [0.29, 0.717) is 49.4 Å². The summed E-state index contributed by atoms with van der Waals surface area (Å²) in [7, 11) is 0. The van der Waals surface area contributed by atoms with Gasteiger partial charge in [0.2, 0.25) is 0 Å². The van der Waals surface area contributed by atoms with Crippen molar-refractivity contribution < 1.29 is 22.8 Å². The highest BCUT2D eigenvalue weighted by Crippen LogP contribution is 2.25. The van der Waals surface area contributed by atoms with Crippen LogP contribution in [0.1, 0.15) is 60.1 Å². The molecule has 0 saturated carbocycles. The topological polar surface area (TPSA) is 133 Å². The van der Waals surface area contributed by atoms with E-state index in [1.54, 1.807) is 60.6 Å². The Morgan fingerprint density at radius 1 is 0.583 bits per heavy atom. The Morgan fingerprint density at radius 3 is 1.52 bits per heavy atom. The fourth-order valence-electron chi connectivity index (χ4n) is 6.74. The molecule has 0 aliphatic carbocycles. The number of carbonyl (C=O) groups excluding carboxylic acids is 2. The van der Waals surface area contributed by atoms with Crippen molar-refractivity contribution in [3.8, 4) is 0 Å². The number of benzene rings is 4. The number of aromatic nitrogens is 2. The number of halogens is 3. The number of amides is 2. The highest BCUT2D eigenvalue weighted by atomic mass is 35.5. The van der Waals surface area contributed by atoms with E-state index in [4.69, 9.17) is 32.0 Å². The van der Waals surface area contributed by atoms with E-state index in [9.17, 15) is 23.6 Å². The number of hydrogen-bond acceptors (Lipinski definition) is 6. The summed E-state index contributed by atoms with van der Waals surface area (Å²) in [6.07, 6.45) is 3.08. The predicted molar refractivity (Wildman–Crippen MR) is 231 cm³/mol. The van der Waals surface area contributed by atoms with Gasteiger partial charge in [0, 0.05) is 33.3 Å².